The van der Waals surface area contributed by atoms with Crippen LogP contribution in [0.4, 0.5) is 0 Å². The van der Waals surface area contributed by atoms with Gasteiger partial charge in [0.05, 0.1) is 0 Å². The van der Waals surface area contributed by atoms with Gasteiger partial charge in [0.1, 0.15) is 0 Å². The zero-order chi connectivity index (χ0) is 9.84. The first-order valence-corrected chi connectivity index (χ1v) is 4.63. The standard InChI is InChI=1S/C9H17N3O/c1-6(2)5-8-7(3-4-10)9(13)12-11-8/h6H,3-5,10H2,1-2H3,(H2,11,12,13). The minimum absolute atomic E-state index is 0.0268. The molecule has 4 heteroatoms. The van der Waals surface area contributed by atoms with Crippen LogP contribution in [0.2, 0.25) is 0 Å². The third-order valence-corrected chi connectivity index (χ3v) is 1.97. The average Bonchev–Trinajstić information content (AvgIpc) is 2.35. The van der Waals surface area contributed by atoms with Crippen molar-refractivity contribution in [2.45, 2.75) is 26.7 Å². The van der Waals surface area contributed by atoms with Crippen molar-refractivity contribution in [1.29, 1.82) is 0 Å². The molecule has 0 aliphatic carbocycles. The summed E-state index contributed by atoms with van der Waals surface area (Å²) in [5.41, 5.74) is 7.22. The maximum atomic E-state index is 11.3. The van der Waals surface area contributed by atoms with Crippen LogP contribution in [0.3, 0.4) is 0 Å². The summed E-state index contributed by atoms with van der Waals surface area (Å²) in [7, 11) is 0. The van der Waals surface area contributed by atoms with Gasteiger partial charge in [0, 0.05) is 11.3 Å². The number of hydrogen-bond donors (Lipinski definition) is 3. The van der Waals surface area contributed by atoms with E-state index in [9.17, 15) is 4.79 Å². The largest absolute Gasteiger partial charge is 0.330 e. The predicted molar refractivity (Wildman–Crippen MR) is 52.7 cm³/mol. The molecule has 1 aromatic heterocycles. The summed E-state index contributed by atoms with van der Waals surface area (Å²) in [5, 5.41) is 5.49. The van der Waals surface area contributed by atoms with Gasteiger partial charge in [-0.05, 0) is 25.3 Å². The molecule has 0 atom stereocenters. The van der Waals surface area contributed by atoms with Gasteiger partial charge in [-0.25, -0.2) is 0 Å². The van der Waals surface area contributed by atoms with Crippen LogP contribution in [0.5, 0.6) is 0 Å². The molecule has 4 N–H and O–H groups in total. The number of H-pyrrole nitrogens is 2. The molecule has 0 unspecified atom stereocenters. The Balaban J connectivity index is 2.87. The second-order valence-corrected chi connectivity index (χ2v) is 3.67. The van der Waals surface area contributed by atoms with Gasteiger partial charge in [-0.15, -0.1) is 0 Å². The predicted octanol–water partition coefficient (Wildman–Crippen LogP) is 0.403. The highest BCUT2D eigenvalue weighted by Gasteiger charge is 2.09. The van der Waals surface area contributed by atoms with E-state index in [4.69, 9.17) is 5.73 Å². The average molecular weight is 183 g/mol. The lowest BCUT2D eigenvalue weighted by Crippen LogP contribution is -2.13. The van der Waals surface area contributed by atoms with Crippen molar-refractivity contribution in [3.63, 3.8) is 0 Å². The minimum Gasteiger partial charge on any atom is -0.330 e. The summed E-state index contributed by atoms with van der Waals surface area (Å²) >= 11 is 0. The number of nitrogens with two attached hydrogens (primary N) is 1. The van der Waals surface area contributed by atoms with Gasteiger partial charge in [-0.1, -0.05) is 13.8 Å². The third kappa shape index (κ3) is 2.45. The molecule has 0 fully saturated rings. The molecule has 0 bridgehead atoms. The van der Waals surface area contributed by atoms with Crippen molar-refractivity contribution >= 4 is 0 Å². The fourth-order valence-corrected chi connectivity index (χ4v) is 1.41. The third-order valence-electron chi connectivity index (χ3n) is 1.97. The first kappa shape index (κ1) is 10.1. The Bertz CT molecular complexity index is 311. The second kappa shape index (κ2) is 4.28. The minimum atomic E-state index is -0.0268. The van der Waals surface area contributed by atoms with Crippen molar-refractivity contribution in [2.75, 3.05) is 6.54 Å². The fourth-order valence-electron chi connectivity index (χ4n) is 1.41. The van der Waals surface area contributed by atoms with E-state index in [1.165, 1.54) is 0 Å². The summed E-state index contributed by atoms with van der Waals surface area (Å²) in [5.74, 6) is 0.544. The molecule has 0 aliphatic rings. The Labute approximate surface area is 77.5 Å². The Morgan fingerprint density at radius 3 is 2.62 bits per heavy atom. The first-order valence-electron chi connectivity index (χ1n) is 4.63. The van der Waals surface area contributed by atoms with Crippen molar-refractivity contribution in [2.24, 2.45) is 11.7 Å². The molecule has 0 radical (unpaired) electrons. The molecule has 13 heavy (non-hydrogen) atoms. The summed E-state index contributed by atoms with van der Waals surface area (Å²) in [4.78, 5) is 11.3. The molecule has 0 spiro atoms. The van der Waals surface area contributed by atoms with Crippen LogP contribution in [-0.4, -0.2) is 16.7 Å². The van der Waals surface area contributed by atoms with Crippen molar-refractivity contribution in [1.82, 2.24) is 10.2 Å². The van der Waals surface area contributed by atoms with E-state index in [0.29, 0.717) is 18.9 Å². The van der Waals surface area contributed by atoms with E-state index in [1.807, 2.05) is 0 Å². The van der Waals surface area contributed by atoms with Crippen LogP contribution in [-0.2, 0) is 12.8 Å². The summed E-state index contributed by atoms with van der Waals surface area (Å²) in [6.45, 7) is 4.76. The molecular formula is C9H17N3O. The van der Waals surface area contributed by atoms with Crippen LogP contribution < -0.4 is 11.3 Å². The van der Waals surface area contributed by atoms with E-state index in [-0.39, 0.29) is 5.56 Å². The summed E-state index contributed by atoms with van der Waals surface area (Å²) in [6, 6.07) is 0. The van der Waals surface area contributed by atoms with Gasteiger partial charge < -0.3 is 10.8 Å². The number of aromatic nitrogens is 2. The van der Waals surface area contributed by atoms with E-state index >= 15 is 0 Å². The Hall–Kier alpha value is -1.03. The monoisotopic (exact) mass is 183 g/mol. The first-order chi connectivity index (χ1) is 6.15. The zero-order valence-electron chi connectivity index (χ0n) is 8.18. The Morgan fingerprint density at radius 1 is 1.38 bits per heavy atom. The molecule has 0 saturated carbocycles. The van der Waals surface area contributed by atoms with Gasteiger partial charge in [0.15, 0.2) is 0 Å². The Kier molecular flexibility index (Phi) is 3.31. The smallest absolute Gasteiger partial charge is 0.267 e. The lowest BCUT2D eigenvalue weighted by atomic mass is 10.0. The van der Waals surface area contributed by atoms with Crippen LogP contribution in [0.1, 0.15) is 25.1 Å². The number of hydrogen-bond acceptors (Lipinski definition) is 2. The normalized spacial score (nSPS) is 11.1. The fraction of sp³-hybridized carbons (Fsp3) is 0.667. The highest BCUT2D eigenvalue weighted by atomic mass is 16.1. The van der Waals surface area contributed by atoms with Gasteiger partial charge in [0.25, 0.3) is 5.56 Å². The van der Waals surface area contributed by atoms with E-state index in [2.05, 4.69) is 24.0 Å². The van der Waals surface area contributed by atoms with Crippen LogP contribution in [0.15, 0.2) is 4.79 Å². The van der Waals surface area contributed by atoms with Gasteiger partial charge >= 0.3 is 0 Å². The summed E-state index contributed by atoms with van der Waals surface area (Å²) in [6.07, 6.45) is 1.55. The van der Waals surface area contributed by atoms with Crippen LogP contribution in [0, 0.1) is 5.92 Å². The molecule has 1 rings (SSSR count). The maximum absolute atomic E-state index is 11.3. The number of nitrogens with one attached hydrogen (secondary N) is 2. The van der Waals surface area contributed by atoms with Gasteiger partial charge in [-0.2, -0.15) is 0 Å². The van der Waals surface area contributed by atoms with Crippen LogP contribution in [0.25, 0.3) is 0 Å². The topological polar surface area (TPSA) is 74.7 Å². The lowest BCUT2D eigenvalue weighted by molar-refractivity contribution is 0.629. The Morgan fingerprint density at radius 2 is 2.08 bits per heavy atom. The lowest BCUT2D eigenvalue weighted by Gasteiger charge is -2.03. The van der Waals surface area contributed by atoms with Gasteiger partial charge in [-0.3, -0.25) is 9.89 Å². The molecule has 0 amide bonds. The van der Waals surface area contributed by atoms with Crippen LogP contribution >= 0.6 is 0 Å². The van der Waals surface area contributed by atoms with Crippen molar-refractivity contribution < 1.29 is 0 Å². The number of aromatic amines is 2. The molecule has 1 aromatic rings. The molecule has 0 aromatic carbocycles. The number of rotatable bonds is 4. The SMILES string of the molecule is CC(C)Cc1[nH][nH]c(=O)c1CCN. The maximum Gasteiger partial charge on any atom is 0.267 e. The van der Waals surface area contributed by atoms with E-state index in [1.54, 1.807) is 0 Å². The highest BCUT2D eigenvalue weighted by Crippen LogP contribution is 2.07. The second-order valence-electron chi connectivity index (χ2n) is 3.67. The quantitative estimate of drug-likeness (QED) is 0.632. The molecule has 74 valence electrons. The molecular weight excluding hydrogens is 166 g/mol. The molecule has 1 heterocycles. The molecule has 0 saturated heterocycles. The van der Waals surface area contributed by atoms with E-state index in [0.717, 1.165) is 17.7 Å². The van der Waals surface area contributed by atoms with E-state index < -0.39 is 0 Å². The molecule has 4 nitrogen and oxygen atoms in total. The van der Waals surface area contributed by atoms with Gasteiger partial charge in [0.2, 0.25) is 0 Å². The summed E-state index contributed by atoms with van der Waals surface area (Å²) < 4.78 is 0. The highest BCUT2D eigenvalue weighted by molar-refractivity contribution is 5.17. The zero-order valence-corrected chi connectivity index (χ0v) is 8.18. The van der Waals surface area contributed by atoms with Crippen molar-refractivity contribution in [3.8, 4) is 0 Å². The molecule has 0 aliphatic heterocycles. The van der Waals surface area contributed by atoms with Crippen molar-refractivity contribution in [3.05, 3.63) is 21.6 Å².